The van der Waals surface area contributed by atoms with Crippen molar-refractivity contribution in [2.75, 3.05) is 19.9 Å². The number of nitrogens with zero attached hydrogens (tertiary/aromatic N) is 3. The van der Waals surface area contributed by atoms with E-state index in [2.05, 4.69) is 22.3 Å². The first-order chi connectivity index (χ1) is 14.2. The molecule has 0 amide bonds. The molecule has 0 fully saturated rings. The van der Waals surface area contributed by atoms with Crippen LogP contribution in [-0.4, -0.2) is 45.9 Å². The zero-order valence-corrected chi connectivity index (χ0v) is 16.2. The summed E-state index contributed by atoms with van der Waals surface area (Å²) >= 11 is 0. The van der Waals surface area contributed by atoms with Crippen molar-refractivity contribution in [3.05, 3.63) is 66.2 Å². The molecule has 0 saturated heterocycles. The van der Waals surface area contributed by atoms with Gasteiger partial charge in [-0.15, -0.1) is 0 Å². The van der Waals surface area contributed by atoms with Gasteiger partial charge >= 0.3 is 0 Å². The van der Waals surface area contributed by atoms with E-state index in [4.69, 9.17) is 14.2 Å². The van der Waals surface area contributed by atoms with E-state index in [1.54, 1.807) is 11.0 Å². The molecule has 8 nitrogen and oxygen atoms in total. The summed E-state index contributed by atoms with van der Waals surface area (Å²) in [5, 5.41) is 17.6. The fraction of sp³-hybridized carbons (Fsp3) is 0.333. The van der Waals surface area contributed by atoms with Crippen LogP contribution >= 0.6 is 0 Å². The summed E-state index contributed by atoms with van der Waals surface area (Å²) in [7, 11) is 0. The Morgan fingerprint density at radius 1 is 1.17 bits per heavy atom. The second kappa shape index (κ2) is 9.04. The van der Waals surface area contributed by atoms with Crippen LogP contribution in [0.25, 0.3) is 5.69 Å². The number of nitrogens with one attached hydrogen (secondary N) is 1. The number of ether oxygens (including phenoxy) is 3. The van der Waals surface area contributed by atoms with E-state index in [0.29, 0.717) is 13.2 Å². The molecule has 1 aliphatic heterocycles. The Morgan fingerprint density at radius 3 is 2.79 bits per heavy atom. The molecule has 0 radical (unpaired) electrons. The molecule has 2 N–H and O–H groups in total. The van der Waals surface area contributed by atoms with Gasteiger partial charge in [0, 0.05) is 12.6 Å². The molecule has 2 atom stereocenters. The maximum absolute atomic E-state index is 10.2. The molecule has 4 rings (SSSR count). The molecule has 2 aromatic carbocycles. The van der Waals surface area contributed by atoms with Crippen LogP contribution in [0.15, 0.2) is 55.1 Å². The topological polar surface area (TPSA) is 90.7 Å². The Hall–Kier alpha value is -2.94. The number of fused-ring (bicyclic) bond motifs is 1. The highest BCUT2D eigenvalue weighted by atomic mass is 16.7. The van der Waals surface area contributed by atoms with Gasteiger partial charge in [0.25, 0.3) is 0 Å². The van der Waals surface area contributed by atoms with Gasteiger partial charge in [-0.25, -0.2) is 9.67 Å². The first kappa shape index (κ1) is 19.4. The minimum Gasteiger partial charge on any atom is -0.454 e. The highest BCUT2D eigenvalue weighted by Crippen LogP contribution is 2.32. The monoisotopic (exact) mass is 396 g/mol. The number of benzene rings is 2. The van der Waals surface area contributed by atoms with Gasteiger partial charge < -0.3 is 24.6 Å². The van der Waals surface area contributed by atoms with Crippen molar-refractivity contribution >= 4 is 0 Å². The number of aliphatic hydroxyl groups is 1. The van der Waals surface area contributed by atoms with Crippen molar-refractivity contribution < 1.29 is 19.3 Å². The fourth-order valence-electron chi connectivity index (χ4n) is 3.09. The second-order valence-electron chi connectivity index (χ2n) is 6.92. The molecule has 2 unspecified atom stereocenters. The van der Waals surface area contributed by atoms with E-state index >= 15 is 0 Å². The maximum atomic E-state index is 10.2. The van der Waals surface area contributed by atoms with E-state index in [9.17, 15) is 5.11 Å². The number of rotatable bonds is 9. The van der Waals surface area contributed by atoms with Crippen LogP contribution in [0.3, 0.4) is 0 Å². The summed E-state index contributed by atoms with van der Waals surface area (Å²) in [5.74, 6) is 1.48. The van der Waals surface area contributed by atoms with Crippen LogP contribution in [0.5, 0.6) is 11.5 Å². The van der Waals surface area contributed by atoms with Crippen molar-refractivity contribution in [1.82, 2.24) is 20.1 Å². The molecule has 1 aromatic heterocycles. The number of aliphatic hydroxyl groups excluding tert-OH is 1. The molecule has 152 valence electrons. The maximum Gasteiger partial charge on any atom is 0.231 e. The first-order valence-electron chi connectivity index (χ1n) is 9.52. The van der Waals surface area contributed by atoms with Crippen LogP contribution in [0.4, 0.5) is 0 Å². The van der Waals surface area contributed by atoms with Crippen LogP contribution in [0, 0.1) is 0 Å². The quantitative estimate of drug-likeness (QED) is 0.573. The highest BCUT2D eigenvalue weighted by molar-refractivity contribution is 5.44. The third-order valence-electron chi connectivity index (χ3n) is 4.75. The standard InChI is InChI=1S/C21H24N4O4/c1-15(17-3-5-18(6-4-17)25-13-22-12-24-25)23-9-19(26)11-27-10-16-2-7-20-21(8-16)29-14-28-20/h2-8,12-13,15,19,23,26H,9-11,14H2,1H3. The smallest absolute Gasteiger partial charge is 0.231 e. The lowest BCUT2D eigenvalue weighted by atomic mass is 10.1. The zero-order chi connectivity index (χ0) is 20.1. The van der Waals surface area contributed by atoms with Crippen LogP contribution in [-0.2, 0) is 11.3 Å². The predicted octanol–water partition coefficient (Wildman–Crippen LogP) is 2.22. The van der Waals surface area contributed by atoms with Crippen LogP contribution < -0.4 is 14.8 Å². The van der Waals surface area contributed by atoms with Crippen molar-refractivity contribution in [3.63, 3.8) is 0 Å². The number of aromatic nitrogens is 3. The van der Waals surface area contributed by atoms with Gasteiger partial charge in [0.15, 0.2) is 11.5 Å². The fourth-order valence-corrected chi connectivity index (χ4v) is 3.09. The third-order valence-corrected chi connectivity index (χ3v) is 4.75. The Balaban J connectivity index is 1.19. The summed E-state index contributed by atoms with van der Waals surface area (Å²) in [5.41, 5.74) is 3.06. The molecule has 0 bridgehead atoms. The molecule has 3 aromatic rings. The summed E-state index contributed by atoms with van der Waals surface area (Å²) < 4.78 is 18.0. The minimum absolute atomic E-state index is 0.100. The van der Waals surface area contributed by atoms with Gasteiger partial charge in [-0.1, -0.05) is 18.2 Å². The van der Waals surface area contributed by atoms with Crippen molar-refractivity contribution in [2.24, 2.45) is 0 Å². The molecule has 0 saturated carbocycles. The van der Waals surface area contributed by atoms with Crippen molar-refractivity contribution in [3.8, 4) is 17.2 Å². The van der Waals surface area contributed by atoms with Gasteiger partial charge in [0.1, 0.15) is 12.7 Å². The lowest BCUT2D eigenvalue weighted by Gasteiger charge is -2.18. The molecule has 2 heterocycles. The van der Waals surface area contributed by atoms with E-state index in [1.165, 1.54) is 6.33 Å². The average molecular weight is 396 g/mol. The molecular formula is C21H24N4O4. The zero-order valence-electron chi connectivity index (χ0n) is 16.2. The number of hydrogen-bond donors (Lipinski definition) is 2. The number of hydrogen-bond acceptors (Lipinski definition) is 7. The SMILES string of the molecule is CC(NCC(O)COCc1ccc2c(c1)OCO2)c1ccc(-n2cncn2)cc1. The molecule has 0 aliphatic carbocycles. The predicted molar refractivity (Wildman–Crippen MR) is 106 cm³/mol. The molecule has 8 heteroatoms. The van der Waals surface area contributed by atoms with E-state index < -0.39 is 6.10 Å². The minimum atomic E-state index is -0.596. The summed E-state index contributed by atoms with van der Waals surface area (Å²) in [4.78, 5) is 3.95. The van der Waals surface area contributed by atoms with E-state index in [0.717, 1.165) is 28.3 Å². The summed E-state index contributed by atoms with van der Waals surface area (Å²) in [6.45, 7) is 3.41. The third kappa shape index (κ3) is 4.92. The van der Waals surface area contributed by atoms with Crippen molar-refractivity contribution in [1.29, 1.82) is 0 Å². The van der Waals surface area contributed by atoms with Crippen LogP contribution in [0.1, 0.15) is 24.1 Å². The lowest BCUT2D eigenvalue weighted by Crippen LogP contribution is -2.32. The van der Waals surface area contributed by atoms with E-state index in [1.807, 2.05) is 42.5 Å². The largest absolute Gasteiger partial charge is 0.454 e. The van der Waals surface area contributed by atoms with Crippen LogP contribution in [0.2, 0.25) is 0 Å². The summed E-state index contributed by atoms with van der Waals surface area (Å²) in [6, 6.07) is 13.9. The lowest BCUT2D eigenvalue weighted by molar-refractivity contribution is 0.0278. The van der Waals surface area contributed by atoms with Crippen molar-refractivity contribution in [2.45, 2.75) is 25.7 Å². The second-order valence-corrected chi connectivity index (χ2v) is 6.92. The Morgan fingerprint density at radius 2 is 2.00 bits per heavy atom. The molecule has 1 aliphatic rings. The van der Waals surface area contributed by atoms with Gasteiger partial charge in [-0.3, -0.25) is 0 Å². The van der Waals surface area contributed by atoms with Gasteiger partial charge in [-0.05, 0) is 42.3 Å². The molecule has 29 heavy (non-hydrogen) atoms. The Bertz CT molecular complexity index is 915. The Kier molecular flexibility index (Phi) is 6.04. The molecule has 0 spiro atoms. The first-order valence-corrected chi connectivity index (χ1v) is 9.52. The Labute approximate surface area is 169 Å². The highest BCUT2D eigenvalue weighted by Gasteiger charge is 2.14. The van der Waals surface area contributed by atoms with Gasteiger partial charge in [-0.2, -0.15) is 5.10 Å². The average Bonchev–Trinajstić information content (AvgIpc) is 3.44. The van der Waals surface area contributed by atoms with Gasteiger partial charge in [0.2, 0.25) is 6.79 Å². The van der Waals surface area contributed by atoms with Gasteiger partial charge in [0.05, 0.1) is 25.0 Å². The molecular weight excluding hydrogens is 372 g/mol. The normalized spacial score (nSPS) is 14.7. The summed E-state index contributed by atoms with van der Waals surface area (Å²) in [6.07, 6.45) is 2.57. The van der Waals surface area contributed by atoms with E-state index in [-0.39, 0.29) is 19.4 Å².